The summed E-state index contributed by atoms with van der Waals surface area (Å²) < 4.78 is 0. The molecule has 1 atom stereocenters. The number of fused-ring (bicyclic) bond motifs is 1. The van der Waals surface area contributed by atoms with Gasteiger partial charge in [0.05, 0.1) is 11.1 Å². The standard InChI is InChI=1S/C15H13N/c1-15(13-7-3-2-4-8-13)10-9-12-6-5-11-16-14(12)15/h2-11H,1H3. The van der Waals surface area contributed by atoms with Crippen molar-refractivity contribution in [2.24, 2.45) is 0 Å². The maximum absolute atomic E-state index is 4.53. The van der Waals surface area contributed by atoms with Gasteiger partial charge in [0.2, 0.25) is 0 Å². The highest BCUT2D eigenvalue weighted by molar-refractivity contribution is 5.66. The van der Waals surface area contributed by atoms with Crippen LogP contribution in [0.25, 0.3) is 6.08 Å². The monoisotopic (exact) mass is 207 g/mol. The SMILES string of the molecule is CC1(c2ccccc2)C=Cc2cccnc21. The van der Waals surface area contributed by atoms with Gasteiger partial charge in [0, 0.05) is 6.20 Å². The van der Waals surface area contributed by atoms with Crippen LogP contribution < -0.4 is 0 Å². The number of allylic oxidation sites excluding steroid dienone is 1. The van der Waals surface area contributed by atoms with Crippen molar-refractivity contribution in [3.05, 3.63) is 71.6 Å². The Morgan fingerprint density at radius 1 is 1.00 bits per heavy atom. The molecular formula is C15H13N. The van der Waals surface area contributed by atoms with Crippen molar-refractivity contribution in [3.63, 3.8) is 0 Å². The largest absolute Gasteiger partial charge is 0.259 e. The van der Waals surface area contributed by atoms with Gasteiger partial charge in [-0.25, -0.2) is 0 Å². The van der Waals surface area contributed by atoms with E-state index >= 15 is 0 Å². The van der Waals surface area contributed by atoms with Crippen LogP contribution in [0, 0.1) is 0 Å². The van der Waals surface area contributed by atoms with E-state index in [4.69, 9.17) is 0 Å². The molecule has 0 saturated heterocycles. The zero-order valence-corrected chi connectivity index (χ0v) is 9.22. The van der Waals surface area contributed by atoms with Crippen molar-refractivity contribution < 1.29 is 0 Å². The van der Waals surface area contributed by atoms with E-state index in [-0.39, 0.29) is 5.41 Å². The first-order valence-electron chi connectivity index (χ1n) is 5.51. The first kappa shape index (κ1) is 9.34. The fourth-order valence-electron chi connectivity index (χ4n) is 2.34. The number of pyridine rings is 1. The van der Waals surface area contributed by atoms with E-state index in [2.05, 4.69) is 54.4 Å². The number of benzene rings is 1. The van der Waals surface area contributed by atoms with Gasteiger partial charge in [-0.05, 0) is 24.1 Å². The third-order valence-electron chi connectivity index (χ3n) is 3.30. The second-order valence-corrected chi connectivity index (χ2v) is 4.34. The number of aromatic nitrogens is 1. The van der Waals surface area contributed by atoms with Crippen LogP contribution in [-0.4, -0.2) is 4.98 Å². The third kappa shape index (κ3) is 1.21. The highest BCUT2D eigenvalue weighted by Crippen LogP contribution is 2.39. The molecule has 1 aliphatic carbocycles. The lowest BCUT2D eigenvalue weighted by Gasteiger charge is -2.23. The molecular weight excluding hydrogens is 194 g/mol. The topological polar surface area (TPSA) is 12.9 Å². The second-order valence-electron chi connectivity index (χ2n) is 4.34. The molecule has 0 radical (unpaired) electrons. The van der Waals surface area contributed by atoms with E-state index in [1.54, 1.807) is 0 Å². The smallest absolute Gasteiger partial charge is 0.0616 e. The molecule has 0 amide bonds. The number of hydrogen-bond acceptors (Lipinski definition) is 1. The maximum Gasteiger partial charge on any atom is 0.0616 e. The average Bonchev–Trinajstić information content (AvgIpc) is 2.71. The Kier molecular flexibility index (Phi) is 1.93. The summed E-state index contributed by atoms with van der Waals surface area (Å²) in [4.78, 5) is 4.53. The molecule has 0 saturated carbocycles. The predicted octanol–water partition coefficient (Wildman–Crippen LogP) is 3.41. The van der Waals surface area contributed by atoms with Crippen LogP contribution in [0.5, 0.6) is 0 Å². The molecule has 16 heavy (non-hydrogen) atoms. The molecule has 1 unspecified atom stereocenters. The number of rotatable bonds is 1. The molecule has 1 aromatic carbocycles. The van der Waals surface area contributed by atoms with E-state index in [9.17, 15) is 0 Å². The summed E-state index contributed by atoms with van der Waals surface area (Å²) in [5, 5.41) is 0. The Hall–Kier alpha value is -1.89. The summed E-state index contributed by atoms with van der Waals surface area (Å²) in [5.41, 5.74) is 3.61. The summed E-state index contributed by atoms with van der Waals surface area (Å²) in [5.74, 6) is 0. The van der Waals surface area contributed by atoms with Crippen LogP contribution >= 0.6 is 0 Å². The highest BCUT2D eigenvalue weighted by atomic mass is 14.7. The Morgan fingerprint density at radius 3 is 2.62 bits per heavy atom. The molecule has 1 aromatic heterocycles. The van der Waals surface area contributed by atoms with Gasteiger partial charge in [0.15, 0.2) is 0 Å². The van der Waals surface area contributed by atoms with E-state index in [0.29, 0.717) is 0 Å². The lowest BCUT2D eigenvalue weighted by atomic mass is 9.81. The first-order valence-corrected chi connectivity index (χ1v) is 5.51. The molecule has 0 fully saturated rings. The van der Waals surface area contributed by atoms with Crippen molar-refractivity contribution >= 4 is 6.08 Å². The van der Waals surface area contributed by atoms with Crippen molar-refractivity contribution in [1.82, 2.24) is 4.98 Å². The molecule has 0 N–H and O–H groups in total. The Balaban J connectivity index is 2.19. The molecule has 0 spiro atoms. The summed E-state index contributed by atoms with van der Waals surface area (Å²) in [6.45, 7) is 2.22. The van der Waals surface area contributed by atoms with Gasteiger partial charge in [-0.2, -0.15) is 0 Å². The van der Waals surface area contributed by atoms with Gasteiger partial charge in [-0.1, -0.05) is 48.6 Å². The molecule has 0 bridgehead atoms. The van der Waals surface area contributed by atoms with Crippen LogP contribution in [0.3, 0.4) is 0 Å². The van der Waals surface area contributed by atoms with Gasteiger partial charge in [0.25, 0.3) is 0 Å². The van der Waals surface area contributed by atoms with Crippen molar-refractivity contribution in [3.8, 4) is 0 Å². The first-order chi connectivity index (χ1) is 7.81. The van der Waals surface area contributed by atoms with E-state index in [1.807, 2.05) is 18.3 Å². The zero-order chi connectivity index (χ0) is 11.0. The highest BCUT2D eigenvalue weighted by Gasteiger charge is 2.32. The number of hydrogen-bond donors (Lipinski definition) is 0. The van der Waals surface area contributed by atoms with Crippen LogP contribution in [0.15, 0.2) is 54.7 Å². The summed E-state index contributed by atoms with van der Waals surface area (Å²) in [6.07, 6.45) is 6.27. The molecule has 1 heterocycles. The molecule has 1 aliphatic rings. The van der Waals surface area contributed by atoms with Gasteiger partial charge in [-0.15, -0.1) is 0 Å². The minimum atomic E-state index is -0.0716. The second kappa shape index (κ2) is 3.31. The molecule has 3 rings (SSSR count). The van der Waals surface area contributed by atoms with Gasteiger partial charge < -0.3 is 0 Å². The molecule has 78 valence electrons. The molecule has 1 heteroatoms. The Morgan fingerprint density at radius 2 is 1.81 bits per heavy atom. The zero-order valence-electron chi connectivity index (χ0n) is 9.22. The predicted molar refractivity (Wildman–Crippen MR) is 66.2 cm³/mol. The van der Waals surface area contributed by atoms with Crippen LogP contribution in [-0.2, 0) is 5.41 Å². The van der Waals surface area contributed by atoms with E-state index < -0.39 is 0 Å². The normalized spacial score (nSPS) is 22.1. The average molecular weight is 207 g/mol. The summed E-state index contributed by atoms with van der Waals surface area (Å²) >= 11 is 0. The minimum absolute atomic E-state index is 0.0716. The van der Waals surface area contributed by atoms with E-state index in [1.165, 1.54) is 11.1 Å². The Labute approximate surface area is 95.5 Å². The summed E-state index contributed by atoms with van der Waals surface area (Å²) in [6, 6.07) is 14.6. The van der Waals surface area contributed by atoms with Crippen LogP contribution in [0.4, 0.5) is 0 Å². The van der Waals surface area contributed by atoms with Gasteiger partial charge in [-0.3, -0.25) is 4.98 Å². The van der Waals surface area contributed by atoms with Crippen LogP contribution in [0.1, 0.15) is 23.7 Å². The van der Waals surface area contributed by atoms with Crippen molar-refractivity contribution in [1.29, 1.82) is 0 Å². The fraction of sp³-hybridized carbons (Fsp3) is 0.133. The minimum Gasteiger partial charge on any atom is -0.259 e. The van der Waals surface area contributed by atoms with Crippen molar-refractivity contribution in [2.75, 3.05) is 0 Å². The molecule has 2 aromatic rings. The summed E-state index contributed by atoms with van der Waals surface area (Å²) in [7, 11) is 0. The number of nitrogens with zero attached hydrogens (tertiary/aromatic N) is 1. The lowest BCUT2D eigenvalue weighted by molar-refractivity contribution is 0.708. The van der Waals surface area contributed by atoms with Crippen molar-refractivity contribution in [2.45, 2.75) is 12.3 Å². The van der Waals surface area contributed by atoms with Gasteiger partial charge >= 0.3 is 0 Å². The third-order valence-corrected chi connectivity index (χ3v) is 3.30. The van der Waals surface area contributed by atoms with Gasteiger partial charge in [0.1, 0.15) is 0 Å². The Bertz CT molecular complexity index is 542. The quantitative estimate of drug-likeness (QED) is 0.698. The van der Waals surface area contributed by atoms with Crippen LogP contribution in [0.2, 0.25) is 0 Å². The fourth-order valence-corrected chi connectivity index (χ4v) is 2.34. The van der Waals surface area contributed by atoms with E-state index in [0.717, 1.165) is 5.69 Å². The lowest BCUT2D eigenvalue weighted by Crippen LogP contribution is -2.20. The molecule has 1 nitrogen and oxygen atoms in total. The molecule has 0 aliphatic heterocycles. The maximum atomic E-state index is 4.53.